The number of amides is 3. The van der Waals surface area contributed by atoms with E-state index >= 15 is 0 Å². The molecule has 2 aromatic carbocycles. The molecule has 5 unspecified atom stereocenters. The van der Waals surface area contributed by atoms with Crippen molar-refractivity contribution in [2.75, 3.05) is 12.0 Å². The second-order valence-corrected chi connectivity index (χ2v) is 10.6. The van der Waals surface area contributed by atoms with Crippen LogP contribution in [0.15, 0.2) is 60.7 Å². The summed E-state index contributed by atoms with van der Waals surface area (Å²) in [6.07, 6.45) is 3.17. The maximum absolute atomic E-state index is 13.5. The molecule has 0 bridgehead atoms. The van der Waals surface area contributed by atoms with E-state index in [1.54, 1.807) is 24.3 Å². The van der Waals surface area contributed by atoms with E-state index in [-0.39, 0.29) is 25.2 Å². The van der Waals surface area contributed by atoms with Crippen LogP contribution in [0.3, 0.4) is 0 Å². The van der Waals surface area contributed by atoms with Gasteiger partial charge in [-0.05, 0) is 35.5 Å². The number of carbonyl (C=O) groups is 4. The minimum atomic E-state index is -1.17. The molecule has 3 amide bonds. The molecule has 0 saturated carbocycles. The monoisotopic (exact) mass is 556 g/mol. The first kappa shape index (κ1) is 31.8. The highest BCUT2D eigenvalue weighted by atomic mass is 32.2. The van der Waals surface area contributed by atoms with Gasteiger partial charge < -0.3 is 26.8 Å². The lowest BCUT2D eigenvalue weighted by atomic mass is 9.98. The zero-order chi connectivity index (χ0) is 28.8. The highest BCUT2D eigenvalue weighted by Crippen LogP contribution is 2.10. The molecule has 5 atom stereocenters. The van der Waals surface area contributed by atoms with Gasteiger partial charge in [0.1, 0.15) is 18.1 Å². The van der Waals surface area contributed by atoms with Crippen LogP contribution in [0.5, 0.6) is 0 Å². The van der Waals surface area contributed by atoms with Crippen molar-refractivity contribution in [2.24, 2.45) is 11.7 Å². The van der Waals surface area contributed by atoms with E-state index in [0.717, 1.165) is 11.1 Å². The SMILES string of the molecule is CCC(C)C(N)C(=O)NC(Cc1ccccc1)C(=O)NC(CCSC)C(=O)NC(Cc1ccccc1)C(=O)O. The quantitative estimate of drug-likeness (QED) is 0.213. The summed E-state index contributed by atoms with van der Waals surface area (Å²) >= 11 is 1.50. The van der Waals surface area contributed by atoms with Gasteiger partial charge in [-0.2, -0.15) is 11.8 Å². The largest absolute Gasteiger partial charge is 0.480 e. The standard InChI is InChI=1S/C29H40N4O5S/c1-4-19(2)25(30)28(36)32-23(17-20-11-7-5-8-12-20)27(35)31-22(15-16-39-3)26(34)33-24(29(37)38)18-21-13-9-6-10-14-21/h5-14,19,22-25H,4,15-18,30H2,1-3H3,(H,31,35)(H,32,36)(H,33,34)(H,37,38). The fraction of sp³-hybridized carbons (Fsp3) is 0.448. The average molecular weight is 557 g/mol. The molecule has 0 aliphatic rings. The second-order valence-electron chi connectivity index (χ2n) is 9.59. The molecule has 0 heterocycles. The molecular weight excluding hydrogens is 516 g/mol. The molecule has 39 heavy (non-hydrogen) atoms. The Hall–Kier alpha value is -3.37. The normalized spacial score (nSPS) is 14.8. The molecular formula is C29H40N4O5S. The topological polar surface area (TPSA) is 151 Å². The number of hydrogen-bond acceptors (Lipinski definition) is 6. The maximum Gasteiger partial charge on any atom is 0.326 e. The van der Waals surface area contributed by atoms with Crippen LogP contribution < -0.4 is 21.7 Å². The fourth-order valence-corrected chi connectivity index (χ4v) is 4.41. The molecule has 0 spiro atoms. The number of thioether (sulfide) groups is 1. The number of carboxylic acid groups (broad SMARTS) is 1. The number of hydrogen-bond donors (Lipinski definition) is 5. The lowest BCUT2D eigenvalue weighted by Crippen LogP contribution is -2.58. The summed E-state index contributed by atoms with van der Waals surface area (Å²) < 4.78 is 0. The number of benzene rings is 2. The van der Waals surface area contributed by atoms with E-state index in [0.29, 0.717) is 12.2 Å². The molecule has 10 heteroatoms. The molecule has 9 nitrogen and oxygen atoms in total. The first-order valence-corrected chi connectivity index (χ1v) is 14.5. The van der Waals surface area contributed by atoms with Gasteiger partial charge in [-0.15, -0.1) is 0 Å². The van der Waals surface area contributed by atoms with E-state index in [2.05, 4.69) is 16.0 Å². The molecule has 2 rings (SSSR count). The van der Waals surface area contributed by atoms with Gasteiger partial charge in [0.05, 0.1) is 6.04 Å². The first-order chi connectivity index (χ1) is 18.7. The van der Waals surface area contributed by atoms with Crippen LogP contribution in [0.4, 0.5) is 0 Å². The summed E-state index contributed by atoms with van der Waals surface area (Å²) in [5.41, 5.74) is 7.70. The lowest BCUT2D eigenvalue weighted by Gasteiger charge is -2.26. The summed E-state index contributed by atoms with van der Waals surface area (Å²) in [4.78, 5) is 51.5. The Labute approximate surface area is 234 Å². The smallest absolute Gasteiger partial charge is 0.326 e. The minimum Gasteiger partial charge on any atom is -0.480 e. The average Bonchev–Trinajstić information content (AvgIpc) is 2.94. The van der Waals surface area contributed by atoms with Gasteiger partial charge in [0, 0.05) is 12.8 Å². The number of rotatable bonds is 16. The van der Waals surface area contributed by atoms with Crippen LogP contribution in [0.1, 0.15) is 37.8 Å². The first-order valence-electron chi connectivity index (χ1n) is 13.1. The third kappa shape index (κ3) is 10.7. The van der Waals surface area contributed by atoms with Crippen LogP contribution in [0.25, 0.3) is 0 Å². The highest BCUT2D eigenvalue weighted by molar-refractivity contribution is 7.98. The Morgan fingerprint density at radius 2 is 1.26 bits per heavy atom. The van der Waals surface area contributed by atoms with E-state index in [9.17, 15) is 24.3 Å². The lowest BCUT2D eigenvalue weighted by molar-refractivity contribution is -0.142. The molecule has 6 N–H and O–H groups in total. The van der Waals surface area contributed by atoms with Crippen LogP contribution in [0, 0.1) is 5.92 Å². The zero-order valence-electron chi connectivity index (χ0n) is 22.8. The Balaban J connectivity index is 2.21. The highest BCUT2D eigenvalue weighted by Gasteiger charge is 2.31. The van der Waals surface area contributed by atoms with Crippen molar-refractivity contribution in [1.82, 2.24) is 16.0 Å². The minimum absolute atomic E-state index is 0.0805. The number of nitrogens with one attached hydrogen (secondary N) is 3. The Morgan fingerprint density at radius 1 is 0.795 bits per heavy atom. The van der Waals surface area contributed by atoms with Crippen molar-refractivity contribution in [3.63, 3.8) is 0 Å². The van der Waals surface area contributed by atoms with Gasteiger partial charge >= 0.3 is 5.97 Å². The van der Waals surface area contributed by atoms with Crippen LogP contribution >= 0.6 is 11.8 Å². The van der Waals surface area contributed by atoms with Gasteiger partial charge in [0.25, 0.3) is 0 Å². The Morgan fingerprint density at radius 3 is 1.74 bits per heavy atom. The van der Waals surface area contributed by atoms with Gasteiger partial charge in [-0.1, -0.05) is 80.9 Å². The molecule has 212 valence electrons. The van der Waals surface area contributed by atoms with Gasteiger partial charge in [-0.25, -0.2) is 4.79 Å². The zero-order valence-corrected chi connectivity index (χ0v) is 23.6. The molecule has 0 aromatic heterocycles. The van der Waals surface area contributed by atoms with Crippen LogP contribution in [-0.2, 0) is 32.0 Å². The van der Waals surface area contributed by atoms with Crippen molar-refractivity contribution in [2.45, 2.75) is 63.7 Å². The molecule has 0 radical (unpaired) electrons. The predicted molar refractivity (Wildman–Crippen MR) is 154 cm³/mol. The van der Waals surface area contributed by atoms with E-state index < -0.39 is 47.9 Å². The Bertz CT molecular complexity index is 1070. The second kappa shape index (κ2) is 16.6. The van der Waals surface area contributed by atoms with Crippen molar-refractivity contribution >= 4 is 35.5 Å². The summed E-state index contributed by atoms with van der Waals surface area (Å²) in [5.74, 6) is -2.27. The summed E-state index contributed by atoms with van der Waals surface area (Å²) in [7, 11) is 0. The van der Waals surface area contributed by atoms with E-state index in [1.807, 2.05) is 56.5 Å². The van der Waals surface area contributed by atoms with Gasteiger partial charge in [0.15, 0.2) is 0 Å². The third-order valence-electron chi connectivity index (χ3n) is 6.62. The van der Waals surface area contributed by atoms with E-state index in [1.165, 1.54) is 11.8 Å². The number of carboxylic acids is 1. The van der Waals surface area contributed by atoms with Crippen molar-refractivity contribution in [1.29, 1.82) is 0 Å². The summed E-state index contributed by atoms with van der Waals surface area (Å²) in [5, 5.41) is 17.8. The third-order valence-corrected chi connectivity index (χ3v) is 7.26. The van der Waals surface area contributed by atoms with Crippen molar-refractivity contribution < 1.29 is 24.3 Å². The van der Waals surface area contributed by atoms with Gasteiger partial charge in [0.2, 0.25) is 17.7 Å². The molecule has 2 aromatic rings. The number of carbonyl (C=O) groups excluding carboxylic acids is 3. The molecule has 0 fully saturated rings. The van der Waals surface area contributed by atoms with Crippen molar-refractivity contribution in [3.8, 4) is 0 Å². The van der Waals surface area contributed by atoms with Crippen LogP contribution in [0.2, 0.25) is 0 Å². The van der Waals surface area contributed by atoms with Crippen LogP contribution in [-0.4, -0.2) is 65.0 Å². The summed E-state index contributed by atoms with van der Waals surface area (Å²) in [6, 6.07) is 14.3. The number of aliphatic carboxylic acids is 1. The van der Waals surface area contributed by atoms with Gasteiger partial charge in [-0.3, -0.25) is 14.4 Å². The molecule has 0 saturated heterocycles. The predicted octanol–water partition coefficient (Wildman–Crippen LogP) is 2.14. The maximum atomic E-state index is 13.5. The fourth-order valence-electron chi connectivity index (χ4n) is 3.94. The Kier molecular flexibility index (Phi) is 13.5. The molecule has 0 aliphatic carbocycles. The van der Waals surface area contributed by atoms with Crippen molar-refractivity contribution in [3.05, 3.63) is 71.8 Å². The number of nitrogens with two attached hydrogens (primary N) is 1. The summed E-state index contributed by atoms with van der Waals surface area (Å²) in [6.45, 7) is 3.80. The molecule has 0 aliphatic heterocycles. The van der Waals surface area contributed by atoms with E-state index in [4.69, 9.17) is 5.73 Å².